The number of benzene rings is 2. The molecule has 0 radical (unpaired) electrons. The molecule has 3 aliphatic rings. The van der Waals surface area contributed by atoms with Gasteiger partial charge in [0.15, 0.2) is 0 Å². The lowest BCUT2D eigenvalue weighted by atomic mass is 9.86. The number of hydrogen-bond acceptors (Lipinski definition) is 6. The molecule has 188 valence electrons. The Kier molecular flexibility index (Phi) is 6.93. The molecule has 0 bridgehead atoms. The molecule has 3 fully saturated rings. The SMILES string of the molecule is COc1cc(F)cc(CN2C(=O)N(c3ccc(C4CNNC4)cc3)CC23CCN(CCO)CC3)c1. The number of hydrogen-bond donors (Lipinski definition) is 3. The van der Waals surface area contributed by atoms with Crippen molar-refractivity contribution in [1.29, 1.82) is 0 Å². The second-order valence-electron chi connectivity index (χ2n) is 9.79. The van der Waals surface area contributed by atoms with Crippen LogP contribution in [0, 0.1) is 5.82 Å². The highest BCUT2D eigenvalue weighted by molar-refractivity contribution is 5.95. The number of nitrogens with zero attached hydrogens (tertiary/aromatic N) is 3. The molecule has 1 spiro atoms. The molecule has 9 heteroatoms. The third-order valence-corrected chi connectivity index (χ3v) is 7.70. The first kappa shape index (κ1) is 24.0. The predicted octanol–water partition coefficient (Wildman–Crippen LogP) is 2.29. The standard InChI is InChI=1S/C26H34FN5O3/c1-35-24-13-19(12-22(27)14-24)17-32-25(34)31(18-26(32)6-8-30(9-7-26)10-11-33)23-4-2-20(3-5-23)21-15-28-29-16-21/h2-5,12-14,21,28-29,33H,6-11,15-18H2,1H3. The molecule has 2 amide bonds. The fraction of sp³-hybridized carbons (Fsp3) is 0.500. The second-order valence-corrected chi connectivity index (χ2v) is 9.79. The molecule has 2 aromatic carbocycles. The number of urea groups is 1. The number of piperidine rings is 1. The number of anilines is 1. The van der Waals surface area contributed by atoms with Crippen molar-refractivity contribution in [3.8, 4) is 5.75 Å². The summed E-state index contributed by atoms with van der Waals surface area (Å²) in [6.07, 6.45) is 1.61. The monoisotopic (exact) mass is 483 g/mol. The van der Waals surface area contributed by atoms with Gasteiger partial charge in [0.05, 0.1) is 25.8 Å². The summed E-state index contributed by atoms with van der Waals surface area (Å²) >= 11 is 0. The highest BCUT2D eigenvalue weighted by Gasteiger charge is 2.51. The quantitative estimate of drug-likeness (QED) is 0.561. The summed E-state index contributed by atoms with van der Waals surface area (Å²) in [6.45, 7) is 5.08. The van der Waals surface area contributed by atoms with E-state index >= 15 is 0 Å². The summed E-state index contributed by atoms with van der Waals surface area (Å²) in [6, 6.07) is 12.9. The van der Waals surface area contributed by atoms with Crippen LogP contribution in [0.25, 0.3) is 0 Å². The molecule has 8 nitrogen and oxygen atoms in total. The molecule has 0 atom stereocenters. The number of ether oxygens (including phenoxy) is 1. The Morgan fingerprint density at radius 3 is 2.49 bits per heavy atom. The van der Waals surface area contributed by atoms with Gasteiger partial charge in [-0.05, 0) is 48.2 Å². The van der Waals surface area contributed by atoms with Gasteiger partial charge in [-0.3, -0.25) is 15.8 Å². The third-order valence-electron chi connectivity index (χ3n) is 7.70. The van der Waals surface area contributed by atoms with Crippen molar-refractivity contribution in [2.75, 3.05) is 57.9 Å². The van der Waals surface area contributed by atoms with Gasteiger partial charge in [0, 0.05) is 56.9 Å². The number of hydrazine groups is 1. The lowest BCUT2D eigenvalue weighted by molar-refractivity contribution is 0.0640. The molecule has 35 heavy (non-hydrogen) atoms. The van der Waals surface area contributed by atoms with Gasteiger partial charge in [0.2, 0.25) is 0 Å². The van der Waals surface area contributed by atoms with Crippen LogP contribution >= 0.6 is 0 Å². The lowest BCUT2D eigenvalue weighted by Crippen LogP contribution is -2.54. The Balaban J connectivity index is 1.41. The van der Waals surface area contributed by atoms with Gasteiger partial charge in [-0.15, -0.1) is 0 Å². The van der Waals surface area contributed by atoms with E-state index in [1.807, 2.05) is 21.9 Å². The number of aliphatic hydroxyl groups excluding tert-OH is 1. The molecule has 2 aromatic rings. The summed E-state index contributed by atoms with van der Waals surface area (Å²) in [5, 5.41) is 9.36. The van der Waals surface area contributed by atoms with Gasteiger partial charge in [0.25, 0.3) is 0 Å². The first-order valence-electron chi connectivity index (χ1n) is 12.3. The van der Waals surface area contributed by atoms with E-state index < -0.39 is 0 Å². The van der Waals surface area contributed by atoms with Gasteiger partial charge in [0.1, 0.15) is 11.6 Å². The summed E-state index contributed by atoms with van der Waals surface area (Å²) in [5.74, 6) is 0.489. The van der Waals surface area contributed by atoms with E-state index in [-0.39, 0.29) is 24.0 Å². The fourth-order valence-corrected chi connectivity index (χ4v) is 5.63. The zero-order valence-corrected chi connectivity index (χ0v) is 20.2. The Morgan fingerprint density at radius 1 is 1.11 bits per heavy atom. The molecule has 3 N–H and O–H groups in total. The maximum atomic E-state index is 14.2. The van der Waals surface area contributed by atoms with Crippen molar-refractivity contribution < 1.29 is 19.0 Å². The minimum Gasteiger partial charge on any atom is -0.497 e. The minimum atomic E-state index is -0.374. The highest BCUT2D eigenvalue weighted by Crippen LogP contribution is 2.40. The average Bonchev–Trinajstić information content (AvgIpc) is 3.49. The number of carbonyl (C=O) groups is 1. The summed E-state index contributed by atoms with van der Waals surface area (Å²) < 4.78 is 19.5. The molecule has 5 rings (SSSR count). The van der Waals surface area contributed by atoms with Gasteiger partial charge in [-0.2, -0.15) is 0 Å². The first-order valence-corrected chi connectivity index (χ1v) is 12.3. The van der Waals surface area contributed by atoms with Crippen LogP contribution in [0.2, 0.25) is 0 Å². The van der Waals surface area contributed by atoms with Crippen LogP contribution in [-0.4, -0.2) is 79.5 Å². The first-order chi connectivity index (χ1) is 17.0. The van der Waals surface area contributed by atoms with E-state index in [0.717, 1.165) is 44.7 Å². The molecular formula is C26H34FN5O3. The maximum Gasteiger partial charge on any atom is 0.325 e. The summed E-state index contributed by atoms with van der Waals surface area (Å²) in [4.78, 5) is 19.9. The Bertz CT molecular complexity index is 1040. The molecule has 0 saturated carbocycles. The van der Waals surface area contributed by atoms with Crippen molar-refractivity contribution in [2.24, 2.45) is 0 Å². The van der Waals surface area contributed by atoms with E-state index in [0.29, 0.717) is 36.9 Å². The summed E-state index contributed by atoms with van der Waals surface area (Å²) in [7, 11) is 1.51. The lowest BCUT2D eigenvalue weighted by Gasteiger charge is -2.43. The van der Waals surface area contributed by atoms with Crippen molar-refractivity contribution in [3.05, 3.63) is 59.4 Å². The third kappa shape index (κ3) is 4.86. The molecule has 3 aliphatic heterocycles. The smallest absolute Gasteiger partial charge is 0.325 e. The number of carbonyl (C=O) groups excluding carboxylic acids is 1. The van der Waals surface area contributed by atoms with Crippen LogP contribution in [-0.2, 0) is 6.54 Å². The number of nitrogens with one attached hydrogen (secondary N) is 2. The van der Waals surface area contributed by atoms with Crippen molar-refractivity contribution in [1.82, 2.24) is 20.7 Å². The Hall–Kier alpha value is -2.72. The van der Waals surface area contributed by atoms with E-state index in [2.05, 4.69) is 27.9 Å². The Morgan fingerprint density at radius 2 is 1.83 bits per heavy atom. The van der Waals surface area contributed by atoms with Crippen LogP contribution in [0.3, 0.4) is 0 Å². The number of halogens is 1. The Labute approximate surface area is 205 Å². The number of methoxy groups -OCH3 is 1. The van der Waals surface area contributed by atoms with Gasteiger partial charge in [-0.25, -0.2) is 9.18 Å². The zero-order valence-electron chi connectivity index (χ0n) is 20.2. The van der Waals surface area contributed by atoms with Crippen LogP contribution < -0.4 is 20.5 Å². The van der Waals surface area contributed by atoms with Crippen molar-refractivity contribution >= 4 is 11.7 Å². The van der Waals surface area contributed by atoms with Crippen LogP contribution in [0.5, 0.6) is 5.75 Å². The van der Waals surface area contributed by atoms with E-state index in [1.165, 1.54) is 24.8 Å². The van der Waals surface area contributed by atoms with E-state index in [9.17, 15) is 14.3 Å². The predicted molar refractivity (Wildman–Crippen MR) is 132 cm³/mol. The van der Waals surface area contributed by atoms with Gasteiger partial charge in [-0.1, -0.05) is 12.1 Å². The summed E-state index contributed by atoms with van der Waals surface area (Å²) in [5.41, 5.74) is 8.82. The average molecular weight is 484 g/mol. The molecular weight excluding hydrogens is 449 g/mol. The topological polar surface area (TPSA) is 80.3 Å². The highest BCUT2D eigenvalue weighted by atomic mass is 19.1. The van der Waals surface area contributed by atoms with Crippen molar-refractivity contribution in [3.63, 3.8) is 0 Å². The minimum absolute atomic E-state index is 0.0548. The largest absolute Gasteiger partial charge is 0.497 e. The number of aliphatic hydroxyl groups is 1. The molecule has 0 aliphatic carbocycles. The molecule has 3 saturated heterocycles. The van der Waals surface area contributed by atoms with Crippen molar-refractivity contribution in [2.45, 2.75) is 30.8 Å². The van der Waals surface area contributed by atoms with Gasteiger partial charge >= 0.3 is 6.03 Å². The molecule has 3 heterocycles. The zero-order chi connectivity index (χ0) is 24.4. The van der Waals surface area contributed by atoms with E-state index in [4.69, 9.17) is 4.74 Å². The fourth-order valence-electron chi connectivity index (χ4n) is 5.63. The van der Waals surface area contributed by atoms with E-state index in [1.54, 1.807) is 6.07 Å². The normalized spacial score (nSPS) is 20.8. The maximum absolute atomic E-state index is 14.2. The number of β-amino-alcohol motifs (C(OH)–C–C–N with tert-alkyl or cyclic N) is 1. The second kappa shape index (κ2) is 10.1. The number of amides is 2. The molecule has 0 aromatic heterocycles. The molecule has 0 unspecified atom stereocenters. The van der Waals surface area contributed by atoms with Crippen LogP contribution in [0.1, 0.15) is 29.9 Å². The number of rotatable bonds is 7. The van der Waals surface area contributed by atoms with Crippen LogP contribution in [0.15, 0.2) is 42.5 Å². The number of likely N-dealkylation sites (tertiary alicyclic amines) is 1. The van der Waals surface area contributed by atoms with Gasteiger partial charge < -0.3 is 19.6 Å². The van der Waals surface area contributed by atoms with Crippen LogP contribution in [0.4, 0.5) is 14.9 Å².